The third kappa shape index (κ3) is 24.8. The molecule has 0 aromatic rings. The van der Waals surface area contributed by atoms with Crippen molar-refractivity contribution in [2.45, 2.75) is 211 Å². The van der Waals surface area contributed by atoms with Crippen LogP contribution >= 0.6 is 0 Å². The van der Waals surface area contributed by atoms with Gasteiger partial charge in [-0.05, 0) is 77.6 Å². The minimum atomic E-state index is -2.15. The number of hydrogen-bond donors (Lipinski definition) is 15. The van der Waals surface area contributed by atoms with E-state index in [1.807, 2.05) is 10.6 Å². The fourth-order valence-electron chi connectivity index (χ4n) is 10.4. The summed E-state index contributed by atoms with van der Waals surface area (Å²) < 4.78 is 0. The van der Waals surface area contributed by atoms with Crippen LogP contribution in [0.15, 0.2) is 12.2 Å². The van der Waals surface area contributed by atoms with Gasteiger partial charge in [-0.3, -0.25) is 76.7 Å². The molecule has 13 atom stereocenters. The van der Waals surface area contributed by atoms with E-state index in [0.29, 0.717) is 12.3 Å². The van der Waals surface area contributed by atoms with Crippen LogP contribution in [0.2, 0.25) is 0 Å². The van der Waals surface area contributed by atoms with Gasteiger partial charge in [0.05, 0.1) is 44.3 Å². The van der Waals surface area contributed by atoms with Crippen molar-refractivity contribution >= 4 is 94.8 Å². The molecule has 33 heteroatoms. The summed E-state index contributed by atoms with van der Waals surface area (Å²) in [5.74, 6) is -21.9. The number of carboxylic acid groups (broad SMARTS) is 4. The summed E-state index contributed by atoms with van der Waals surface area (Å²) >= 11 is 0. The quantitative estimate of drug-likeness (QED) is 0.0371. The molecule has 0 saturated carbocycles. The van der Waals surface area contributed by atoms with Gasteiger partial charge in [-0.2, -0.15) is 0 Å². The second-order valence-corrected chi connectivity index (χ2v) is 23.6. The molecule has 3 saturated heterocycles. The summed E-state index contributed by atoms with van der Waals surface area (Å²) in [6, 6.07) is -18.5. The monoisotopic (exact) mass is 1290 g/mol. The van der Waals surface area contributed by atoms with Crippen LogP contribution in [0.25, 0.3) is 0 Å². The molecule has 91 heavy (non-hydrogen) atoms. The average molecular weight is 1290 g/mol. The summed E-state index contributed by atoms with van der Waals surface area (Å²) in [7, 11) is 0. The number of aliphatic carboxylic acids is 4. The van der Waals surface area contributed by atoms with Gasteiger partial charge in [0.15, 0.2) is 0 Å². The Morgan fingerprint density at radius 2 is 1.14 bits per heavy atom. The maximum absolute atomic E-state index is 15.2. The molecule has 0 aromatic carbocycles. The predicted molar refractivity (Wildman–Crippen MR) is 320 cm³/mol. The van der Waals surface area contributed by atoms with Crippen molar-refractivity contribution in [2.75, 3.05) is 26.2 Å². The highest BCUT2D eigenvalue weighted by atomic mass is 16.4. The number of nitrogens with two attached hydrogens (primary N) is 1. The van der Waals surface area contributed by atoms with E-state index < -0.39 is 205 Å². The van der Waals surface area contributed by atoms with Gasteiger partial charge < -0.3 is 89.1 Å². The molecule has 0 aliphatic carbocycles. The van der Waals surface area contributed by atoms with Gasteiger partial charge in [0.2, 0.25) is 70.9 Å². The minimum Gasteiger partial charge on any atom is -0.481 e. The second-order valence-electron chi connectivity index (χ2n) is 23.6. The van der Waals surface area contributed by atoms with E-state index in [9.17, 15) is 92.3 Å². The zero-order valence-corrected chi connectivity index (χ0v) is 52.5. The molecule has 13 unspecified atom stereocenters. The number of nitrogens with zero attached hydrogens (tertiary/aromatic N) is 2. The Morgan fingerprint density at radius 3 is 1.70 bits per heavy atom. The number of carbonyl (C=O) groups excluding carboxylic acids is 12. The van der Waals surface area contributed by atoms with Crippen LogP contribution in [0.3, 0.4) is 0 Å². The lowest BCUT2D eigenvalue weighted by Crippen LogP contribution is -2.66. The largest absolute Gasteiger partial charge is 0.481 e. The van der Waals surface area contributed by atoms with Gasteiger partial charge in [0.1, 0.15) is 54.4 Å². The zero-order valence-electron chi connectivity index (χ0n) is 52.5. The van der Waals surface area contributed by atoms with Gasteiger partial charge in [-0.1, -0.05) is 65.5 Å². The SMILES string of the molecule is CCC(C)CCCCCC=CCC(=O)NC(CC(=O)O)C(=O)NC1C(=O)N2CCCCC2C(=O)NC(C(C)C(=O)O)C(=O)NC(CC(=O)O)C(=O)NCC(=O)NC(CC(=O)O)C(=O)NCC(=O)NC(C(C)N)C(=O)NC(C(C)C)C(=O)N2CCCC2C(=O)NC1C. The fraction of sp³-hybridized carbons (Fsp3) is 0.690. The maximum atomic E-state index is 15.2. The van der Waals surface area contributed by atoms with Crippen LogP contribution in [-0.4, -0.2) is 218 Å². The Morgan fingerprint density at radius 1 is 0.604 bits per heavy atom. The van der Waals surface area contributed by atoms with E-state index in [-0.39, 0.29) is 51.6 Å². The first-order valence-electron chi connectivity index (χ1n) is 30.6. The Kier molecular flexibility index (Phi) is 31.4. The Hall–Kier alpha value is -8.78. The van der Waals surface area contributed by atoms with Gasteiger partial charge in [0.25, 0.3) is 0 Å². The number of nitrogens with one attached hydrogen (secondary N) is 10. The average Bonchev–Trinajstić information content (AvgIpc) is 1.82. The van der Waals surface area contributed by atoms with E-state index >= 15 is 4.79 Å². The molecule has 0 radical (unpaired) electrons. The lowest BCUT2D eigenvalue weighted by Gasteiger charge is -2.39. The van der Waals surface area contributed by atoms with Gasteiger partial charge in [0, 0.05) is 25.6 Å². The number of unbranched alkanes of at least 4 members (excludes halogenated alkanes) is 3. The first-order valence-corrected chi connectivity index (χ1v) is 30.6. The third-order valence-electron chi connectivity index (χ3n) is 15.8. The van der Waals surface area contributed by atoms with Crippen LogP contribution in [0.4, 0.5) is 0 Å². The molecule has 0 spiro atoms. The molecule has 0 bridgehead atoms. The topological polar surface area (TPSA) is 507 Å². The molecule has 508 valence electrons. The number of allylic oxidation sites excluding steroid dienone is 1. The summed E-state index contributed by atoms with van der Waals surface area (Å²) in [4.78, 5) is 218. The van der Waals surface area contributed by atoms with Crippen LogP contribution in [0.5, 0.6) is 0 Å². The van der Waals surface area contributed by atoms with Crippen molar-refractivity contribution in [1.29, 1.82) is 0 Å². The number of rotatable bonds is 22. The minimum absolute atomic E-state index is 0.0221. The molecule has 0 aromatic heterocycles. The predicted octanol–water partition coefficient (Wildman–Crippen LogP) is -3.41. The second kappa shape index (κ2) is 37.4. The van der Waals surface area contributed by atoms with Crippen LogP contribution in [0, 0.1) is 17.8 Å². The molecular weight excluding hydrogens is 1200 g/mol. The molecule has 3 rings (SSSR count). The van der Waals surface area contributed by atoms with Gasteiger partial charge >= 0.3 is 23.9 Å². The Balaban J connectivity index is 2.17. The number of fused-ring (bicyclic) bond motifs is 2. The van der Waals surface area contributed by atoms with E-state index in [1.54, 1.807) is 26.0 Å². The van der Waals surface area contributed by atoms with E-state index in [0.717, 1.165) is 48.8 Å². The molecule has 3 aliphatic rings. The van der Waals surface area contributed by atoms with Crippen LogP contribution in [-0.2, 0) is 76.7 Å². The summed E-state index contributed by atoms with van der Waals surface area (Å²) in [5, 5.41) is 62.2. The van der Waals surface area contributed by atoms with Gasteiger partial charge in [-0.15, -0.1) is 0 Å². The molecule has 3 fully saturated rings. The number of carboxylic acids is 4. The Labute approximate surface area is 526 Å². The normalized spacial score (nSPS) is 25.6. The summed E-state index contributed by atoms with van der Waals surface area (Å²) in [6.45, 7) is 8.66. The van der Waals surface area contributed by atoms with E-state index in [1.165, 1.54) is 13.8 Å². The Bertz CT molecular complexity index is 2710. The van der Waals surface area contributed by atoms with Crippen LogP contribution < -0.4 is 58.9 Å². The van der Waals surface area contributed by atoms with Crippen molar-refractivity contribution in [3.8, 4) is 0 Å². The highest BCUT2D eigenvalue weighted by Gasteiger charge is 2.45. The molecule has 12 amide bonds. The summed E-state index contributed by atoms with van der Waals surface area (Å²) in [5.41, 5.74) is 6.11. The van der Waals surface area contributed by atoms with Crippen molar-refractivity contribution in [2.24, 2.45) is 23.5 Å². The first kappa shape index (κ1) is 76.5. The number of hydrogen-bond acceptors (Lipinski definition) is 17. The molecule has 3 aliphatic heterocycles. The standard InChI is InChI=1S/C58H91N13O20/c1-8-30(4)18-13-11-9-10-12-14-21-39(72)63-36(26-44(79)80)51(83)69-48-33(7)62-52(84)38-20-17-23-71(38)56(88)45(29(2)3)67-55(87)47(32(6)59)66-41(74)28-61-49(81)34(24-42(75)76)64-40(73)27-60-50(82)35(25-43(77)78)65-54(86)46(31(5)58(90)91)68-53(85)37-19-15-16-22-70(37)57(48)89/h12,14,29-38,45-48H,8-11,13,15-28,59H2,1-7H3,(H,60,82)(H,61,81)(H,62,84)(H,63,72)(H,64,73)(H,65,86)(H,66,74)(H,67,87)(H,68,85)(H,69,83)(H,75,76)(H,77,78)(H,79,80)(H,90,91). The smallest absolute Gasteiger partial charge is 0.308 e. The molecule has 33 nitrogen and oxygen atoms in total. The zero-order chi connectivity index (χ0) is 68.4. The molecule has 16 N–H and O–H groups in total. The highest BCUT2D eigenvalue weighted by Crippen LogP contribution is 2.24. The fourth-order valence-corrected chi connectivity index (χ4v) is 10.4. The van der Waals surface area contributed by atoms with Gasteiger partial charge in [-0.25, -0.2) is 0 Å². The third-order valence-corrected chi connectivity index (χ3v) is 15.8. The molecule has 3 heterocycles. The van der Waals surface area contributed by atoms with Crippen molar-refractivity contribution < 1.29 is 97.1 Å². The molecular formula is C58H91N13O20. The first-order chi connectivity index (χ1) is 42.8. The number of carbonyl (C=O) groups is 16. The maximum Gasteiger partial charge on any atom is 0.308 e. The highest BCUT2D eigenvalue weighted by molar-refractivity contribution is 6.01. The lowest BCUT2D eigenvalue weighted by molar-refractivity contribution is -0.150. The van der Waals surface area contributed by atoms with Crippen molar-refractivity contribution in [3.63, 3.8) is 0 Å². The van der Waals surface area contributed by atoms with Crippen molar-refractivity contribution in [1.82, 2.24) is 63.0 Å². The van der Waals surface area contributed by atoms with Crippen LogP contribution in [0.1, 0.15) is 145 Å². The lowest BCUT2D eigenvalue weighted by atomic mass is 9.96. The van der Waals surface area contributed by atoms with Crippen molar-refractivity contribution in [3.05, 3.63) is 12.2 Å². The van der Waals surface area contributed by atoms with E-state index in [4.69, 9.17) is 5.73 Å². The van der Waals surface area contributed by atoms with E-state index in [2.05, 4.69) is 56.4 Å². The number of piperidine rings is 1. The number of amides is 12. The summed E-state index contributed by atoms with van der Waals surface area (Å²) in [6.07, 6.45) is 5.96.